The van der Waals surface area contributed by atoms with Crippen molar-refractivity contribution in [1.29, 1.82) is 0 Å². The molecule has 0 bridgehead atoms. The van der Waals surface area contributed by atoms with Crippen LogP contribution in [-0.2, 0) is 11.2 Å². The molecule has 2 rings (SSSR count). The van der Waals surface area contributed by atoms with Gasteiger partial charge in [0.1, 0.15) is 12.0 Å². The van der Waals surface area contributed by atoms with E-state index in [-0.39, 0.29) is 11.8 Å². The molecule has 0 radical (unpaired) electrons. The summed E-state index contributed by atoms with van der Waals surface area (Å²) in [5.41, 5.74) is 0.822. The summed E-state index contributed by atoms with van der Waals surface area (Å²) < 4.78 is 5.79. The summed E-state index contributed by atoms with van der Waals surface area (Å²) in [7, 11) is 0. The second-order valence-electron chi connectivity index (χ2n) is 4.58. The molecule has 1 saturated heterocycles. The van der Waals surface area contributed by atoms with Crippen LogP contribution in [0.4, 0.5) is 0 Å². The lowest BCUT2D eigenvalue weighted by Gasteiger charge is -2.17. The Morgan fingerprint density at radius 3 is 2.80 bits per heavy atom. The van der Waals surface area contributed by atoms with E-state index in [9.17, 15) is 5.11 Å². The molecule has 0 spiro atoms. The van der Waals surface area contributed by atoms with Gasteiger partial charge < -0.3 is 9.84 Å². The summed E-state index contributed by atoms with van der Waals surface area (Å²) in [5.74, 6) is 0.340. The van der Waals surface area contributed by atoms with Crippen LogP contribution in [0, 0.1) is 0 Å². The second kappa shape index (κ2) is 3.83. The minimum Gasteiger partial charge on any atom is -0.508 e. The van der Waals surface area contributed by atoms with Crippen molar-refractivity contribution in [3.8, 4) is 5.75 Å². The van der Waals surface area contributed by atoms with Gasteiger partial charge in [0.05, 0.1) is 5.60 Å². The van der Waals surface area contributed by atoms with E-state index in [4.69, 9.17) is 4.74 Å². The van der Waals surface area contributed by atoms with Crippen molar-refractivity contribution in [2.75, 3.05) is 6.54 Å². The molecule has 15 heavy (non-hydrogen) atoms. The van der Waals surface area contributed by atoms with Crippen molar-refractivity contribution in [3.05, 3.63) is 29.8 Å². The second-order valence-corrected chi connectivity index (χ2v) is 4.58. The largest absolute Gasteiger partial charge is 0.508 e. The number of rotatable bonds is 2. The van der Waals surface area contributed by atoms with E-state index < -0.39 is 0 Å². The zero-order valence-corrected chi connectivity index (χ0v) is 9.16. The minimum atomic E-state index is -0.102. The van der Waals surface area contributed by atoms with Crippen molar-refractivity contribution in [2.24, 2.45) is 0 Å². The number of nitrogens with one attached hydrogen (secondary N) is 1. The van der Waals surface area contributed by atoms with Crippen LogP contribution in [0.2, 0.25) is 0 Å². The molecule has 0 amide bonds. The normalized spacial score (nSPS) is 24.3. The Bertz CT molecular complexity index is 349. The average Bonchev–Trinajstić information content (AvgIpc) is 2.50. The van der Waals surface area contributed by atoms with E-state index >= 15 is 0 Å². The van der Waals surface area contributed by atoms with Gasteiger partial charge in [0, 0.05) is 13.0 Å². The molecule has 1 atom stereocenters. The number of ether oxygens (including phenoxy) is 1. The maximum absolute atomic E-state index is 9.62. The highest BCUT2D eigenvalue weighted by Crippen LogP contribution is 2.23. The molecule has 0 aliphatic carbocycles. The van der Waals surface area contributed by atoms with Gasteiger partial charge in [-0.15, -0.1) is 0 Å². The van der Waals surface area contributed by atoms with E-state index in [1.54, 1.807) is 6.07 Å². The predicted octanol–water partition coefficient (Wildman–Crippen LogP) is 1.66. The number of hydrogen-bond donors (Lipinski definition) is 2. The summed E-state index contributed by atoms with van der Waals surface area (Å²) in [5, 5.41) is 12.9. The lowest BCUT2D eigenvalue weighted by Crippen LogP contribution is -2.24. The third kappa shape index (κ3) is 2.49. The highest BCUT2D eigenvalue weighted by molar-refractivity contribution is 5.32. The van der Waals surface area contributed by atoms with Crippen molar-refractivity contribution in [2.45, 2.75) is 32.1 Å². The molecule has 1 fully saturated rings. The zero-order chi connectivity index (χ0) is 10.9. The first kappa shape index (κ1) is 10.5. The van der Waals surface area contributed by atoms with E-state index in [0.717, 1.165) is 12.1 Å². The Morgan fingerprint density at radius 2 is 2.20 bits per heavy atom. The SMILES string of the molecule is CC1(C)CNC(Cc2ccccc2O)O1. The molecule has 3 nitrogen and oxygen atoms in total. The fraction of sp³-hybridized carbons (Fsp3) is 0.500. The van der Waals surface area contributed by atoms with Crippen LogP contribution in [0.25, 0.3) is 0 Å². The number of benzene rings is 1. The Balaban J connectivity index is 2.02. The van der Waals surface area contributed by atoms with Crippen LogP contribution in [0.1, 0.15) is 19.4 Å². The number of aromatic hydroxyl groups is 1. The third-order valence-corrected chi connectivity index (χ3v) is 2.61. The van der Waals surface area contributed by atoms with Crippen LogP contribution in [0.15, 0.2) is 24.3 Å². The molecule has 1 aromatic carbocycles. The van der Waals surface area contributed by atoms with Crippen LogP contribution in [-0.4, -0.2) is 23.5 Å². The van der Waals surface area contributed by atoms with Gasteiger partial charge in [-0.25, -0.2) is 0 Å². The predicted molar refractivity (Wildman–Crippen MR) is 58.8 cm³/mol. The first-order chi connectivity index (χ1) is 7.07. The van der Waals surface area contributed by atoms with Crippen LogP contribution < -0.4 is 5.32 Å². The Labute approximate surface area is 90.1 Å². The minimum absolute atomic E-state index is 0.00769. The van der Waals surface area contributed by atoms with Gasteiger partial charge in [-0.3, -0.25) is 5.32 Å². The third-order valence-electron chi connectivity index (χ3n) is 2.61. The molecule has 82 valence electrons. The fourth-order valence-corrected chi connectivity index (χ4v) is 1.83. The maximum atomic E-state index is 9.62. The molecule has 1 aliphatic heterocycles. The lowest BCUT2D eigenvalue weighted by molar-refractivity contribution is -0.0138. The Kier molecular flexibility index (Phi) is 2.67. The molecule has 2 N–H and O–H groups in total. The molecule has 3 heteroatoms. The van der Waals surface area contributed by atoms with Gasteiger partial charge in [-0.05, 0) is 25.5 Å². The molecule has 0 aromatic heterocycles. The first-order valence-electron chi connectivity index (χ1n) is 5.25. The van der Waals surface area contributed by atoms with Crippen LogP contribution >= 0.6 is 0 Å². The van der Waals surface area contributed by atoms with Crippen molar-refractivity contribution >= 4 is 0 Å². The van der Waals surface area contributed by atoms with Crippen molar-refractivity contribution in [1.82, 2.24) is 5.32 Å². The number of para-hydroxylation sites is 1. The molecule has 1 unspecified atom stereocenters. The van der Waals surface area contributed by atoms with E-state index in [0.29, 0.717) is 12.2 Å². The van der Waals surface area contributed by atoms with Gasteiger partial charge in [0.25, 0.3) is 0 Å². The number of hydrogen-bond acceptors (Lipinski definition) is 3. The number of phenols is 1. The molecule has 1 heterocycles. The standard InChI is InChI=1S/C12H17NO2/c1-12(2)8-13-11(15-12)7-9-5-3-4-6-10(9)14/h3-6,11,13-14H,7-8H2,1-2H3. The van der Waals surface area contributed by atoms with Gasteiger partial charge >= 0.3 is 0 Å². The quantitative estimate of drug-likeness (QED) is 0.775. The molecular formula is C12H17NO2. The molecular weight excluding hydrogens is 190 g/mol. The monoisotopic (exact) mass is 207 g/mol. The van der Waals surface area contributed by atoms with Crippen molar-refractivity contribution in [3.63, 3.8) is 0 Å². The van der Waals surface area contributed by atoms with E-state index in [2.05, 4.69) is 19.2 Å². The smallest absolute Gasteiger partial charge is 0.118 e. The van der Waals surface area contributed by atoms with Gasteiger partial charge in [-0.1, -0.05) is 18.2 Å². The Hall–Kier alpha value is -1.06. The van der Waals surface area contributed by atoms with Gasteiger partial charge in [-0.2, -0.15) is 0 Å². The molecule has 1 aliphatic rings. The fourth-order valence-electron chi connectivity index (χ4n) is 1.83. The zero-order valence-electron chi connectivity index (χ0n) is 9.16. The lowest BCUT2D eigenvalue weighted by atomic mass is 10.1. The molecule has 0 saturated carbocycles. The van der Waals surface area contributed by atoms with Gasteiger partial charge in [0.15, 0.2) is 0 Å². The summed E-state index contributed by atoms with van der Waals surface area (Å²) in [6, 6.07) is 7.38. The number of phenolic OH excluding ortho intramolecular Hbond substituents is 1. The van der Waals surface area contributed by atoms with Crippen LogP contribution in [0.3, 0.4) is 0 Å². The highest BCUT2D eigenvalue weighted by atomic mass is 16.5. The average molecular weight is 207 g/mol. The summed E-state index contributed by atoms with van der Waals surface area (Å²) in [6.45, 7) is 4.97. The topological polar surface area (TPSA) is 41.5 Å². The Morgan fingerprint density at radius 1 is 1.47 bits per heavy atom. The van der Waals surface area contributed by atoms with Crippen molar-refractivity contribution < 1.29 is 9.84 Å². The maximum Gasteiger partial charge on any atom is 0.118 e. The van der Waals surface area contributed by atoms with E-state index in [1.165, 1.54) is 0 Å². The summed E-state index contributed by atoms with van der Waals surface area (Å²) in [4.78, 5) is 0. The molecule has 1 aromatic rings. The summed E-state index contributed by atoms with van der Waals surface area (Å²) in [6.07, 6.45) is 0.712. The van der Waals surface area contributed by atoms with Gasteiger partial charge in [0.2, 0.25) is 0 Å². The van der Waals surface area contributed by atoms with E-state index in [1.807, 2.05) is 18.2 Å². The highest BCUT2D eigenvalue weighted by Gasteiger charge is 2.31. The summed E-state index contributed by atoms with van der Waals surface area (Å²) >= 11 is 0. The van der Waals surface area contributed by atoms with Crippen LogP contribution in [0.5, 0.6) is 5.75 Å². The first-order valence-corrected chi connectivity index (χ1v) is 5.25.